The number of Topliss-reactive ketones (excluding diaryl/α,β-unsaturated/α-hetero) is 1. The van der Waals surface area contributed by atoms with E-state index < -0.39 is 16.1 Å². The molecule has 26 heavy (non-hydrogen) atoms. The first kappa shape index (κ1) is 17.4. The van der Waals surface area contributed by atoms with Crippen LogP contribution in [0.3, 0.4) is 0 Å². The highest BCUT2D eigenvalue weighted by molar-refractivity contribution is 7.89. The first-order valence-electron chi connectivity index (χ1n) is 8.76. The number of rotatable bonds is 3. The van der Waals surface area contributed by atoms with Gasteiger partial charge in [-0.25, -0.2) is 12.8 Å². The van der Waals surface area contributed by atoms with Gasteiger partial charge in [0.15, 0.2) is 0 Å². The lowest BCUT2D eigenvalue weighted by atomic mass is 9.73. The van der Waals surface area contributed by atoms with Gasteiger partial charge in [0.05, 0.1) is 10.9 Å². The largest absolute Gasteiger partial charge is 0.299 e. The topological polar surface area (TPSA) is 54.5 Å². The summed E-state index contributed by atoms with van der Waals surface area (Å²) < 4.78 is 41.6. The van der Waals surface area contributed by atoms with Crippen LogP contribution < -0.4 is 0 Å². The van der Waals surface area contributed by atoms with Crippen molar-refractivity contribution in [3.8, 4) is 0 Å². The SMILES string of the molecule is Cc1ccc(S(=O)(=O)N2[C@H]3CC[C@H](C(=O)C3)[C@H]2c2ccc(F)cc2)cc1. The molecule has 2 aliphatic heterocycles. The lowest BCUT2D eigenvalue weighted by molar-refractivity contribution is -0.133. The minimum Gasteiger partial charge on any atom is -0.299 e. The highest BCUT2D eigenvalue weighted by Gasteiger charge is 2.52. The molecule has 136 valence electrons. The summed E-state index contributed by atoms with van der Waals surface area (Å²) in [6, 6.07) is 11.7. The molecule has 0 spiro atoms. The first-order chi connectivity index (χ1) is 12.4. The molecule has 0 N–H and O–H groups in total. The molecule has 0 amide bonds. The summed E-state index contributed by atoms with van der Waals surface area (Å²) in [5, 5.41) is 0. The van der Waals surface area contributed by atoms with E-state index in [1.54, 1.807) is 36.4 Å². The molecule has 4 nitrogen and oxygen atoms in total. The van der Waals surface area contributed by atoms with Crippen molar-refractivity contribution < 1.29 is 17.6 Å². The number of aryl methyl sites for hydroxylation is 1. The van der Waals surface area contributed by atoms with E-state index in [-0.39, 0.29) is 34.9 Å². The zero-order valence-electron chi connectivity index (χ0n) is 14.4. The fourth-order valence-electron chi connectivity index (χ4n) is 4.19. The van der Waals surface area contributed by atoms with Gasteiger partial charge in [0.25, 0.3) is 0 Å². The molecule has 3 aliphatic rings. The molecule has 2 bridgehead atoms. The third-order valence-electron chi connectivity index (χ3n) is 5.48. The van der Waals surface area contributed by atoms with Gasteiger partial charge in [-0.1, -0.05) is 29.8 Å². The number of nitrogens with zero attached hydrogens (tertiary/aromatic N) is 1. The average molecular weight is 373 g/mol. The Morgan fingerprint density at radius 2 is 1.65 bits per heavy atom. The van der Waals surface area contributed by atoms with Gasteiger partial charge in [0, 0.05) is 18.4 Å². The number of sulfonamides is 1. The fraction of sp³-hybridized carbons (Fsp3) is 0.350. The molecular weight excluding hydrogens is 353 g/mol. The predicted molar refractivity (Wildman–Crippen MR) is 95.5 cm³/mol. The second-order valence-corrected chi connectivity index (χ2v) is 9.00. The summed E-state index contributed by atoms with van der Waals surface area (Å²) in [4.78, 5) is 12.7. The summed E-state index contributed by atoms with van der Waals surface area (Å²) in [6.45, 7) is 1.90. The average Bonchev–Trinajstić information content (AvgIpc) is 2.62. The molecule has 1 aliphatic carbocycles. The Bertz CT molecular complexity index is 938. The summed E-state index contributed by atoms with van der Waals surface area (Å²) in [5.41, 5.74) is 1.65. The van der Waals surface area contributed by atoms with Crippen LogP contribution in [0.1, 0.15) is 36.4 Å². The Balaban J connectivity index is 1.82. The molecule has 6 heteroatoms. The maximum atomic E-state index is 13.4. The molecule has 2 saturated heterocycles. The van der Waals surface area contributed by atoms with Gasteiger partial charge in [0.1, 0.15) is 11.6 Å². The van der Waals surface area contributed by atoms with Gasteiger partial charge in [-0.05, 0) is 49.6 Å². The van der Waals surface area contributed by atoms with Gasteiger partial charge in [-0.2, -0.15) is 4.31 Å². The lowest BCUT2D eigenvalue weighted by Gasteiger charge is -2.49. The summed E-state index contributed by atoms with van der Waals surface area (Å²) in [7, 11) is -3.75. The molecule has 1 saturated carbocycles. The number of piperidine rings is 2. The fourth-order valence-corrected chi connectivity index (χ4v) is 6.05. The van der Waals surface area contributed by atoms with Gasteiger partial charge in [0.2, 0.25) is 10.0 Å². The Kier molecular flexibility index (Phi) is 4.20. The number of carbonyl (C=O) groups is 1. The maximum absolute atomic E-state index is 13.4. The van der Waals surface area contributed by atoms with Crippen LogP contribution >= 0.6 is 0 Å². The van der Waals surface area contributed by atoms with Gasteiger partial charge >= 0.3 is 0 Å². The van der Waals surface area contributed by atoms with Crippen molar-refractivity contribution in [3.05, 3.63) is 65.5 Å². The zero-order valence-corrected chi connectivity index (χ0v) is 15.2. The third kappa shape index (κ3) is 2.77. The van der Waals surface area contributed by atoms with Crippen molar-refractivity contribution in [1.82, 2.24) is 4.31 Å². The molecular formula is C20H20FNO3S. The van der Waals surface area contributed by atoms with E-state index in [2.05, 4.69) is 0 Å². The van der Waals surface area contributed by atoms with E-state index in [0.29, 0.717) is 18.4 Å². The van der Waals surface area contributed by atoms with Gasteiger partial charge < -0.3 is 0 Å². The Hall–Kier alpha value is -2.05. The van der Waals surface area contributed by atoms with E-state index in [9.17, 15) is 17.6 Å². The second kappa shape index (κ2) is 6.28. The number of carbonyl (C=O) groups excluding carboxylic acids is 1. The number of benzene rings is 2. The van der Waals surface area contributed by atoms with Crippen molar-refractivity contribution in [2.45, 2.75) is 43.2 Å². The number of hydrogen-bond donors (Lipinski definition) is 0. The molecule has 2 aromatic rings. The lowest BCUT2D eigenvalue weighted by Crippen LogP contribution is -2.56. The minimum absolute atomic E-state index is 0.103. The Labute approximate surface area is 152 Å². The monoisotopic (exact) mass is 373 g/mol. The van der Waals surface area contributed by atoms with Crippen molar-refractivity contribution in [1.29, 1.82) is 0 Å². The summed E-state index contributed by atoms with van der Waals surface area (Å²) >= 11 is 0. The molecule has 0 aromatic heterocycles. The molecule has 2 heterocycles. The molecule has 2 aromatic carbocycles. The van der Waals surface area contributed by atoms with Crippen LogP contribution in [-0.4, -0.2) is 24.5 Å². The van der Waals surface area contributed by atoms with Gasteiger partial charge in [-0.15, -0.1) is 0 Å². The highest BCUT2D eigenvalue weighted by Crippen LogP contribution is 2.48. The Morgan fingerprint density at radius 1 is 1.00 bits per heavy atom. The minimum atomic E-state index is -3.75. The van der Waals surface area contributed by atoms with Crippen LogP contribution in [0.5, 0.6) is 0 Å². The quantitative estimate of drug-likeness (QED) is 0.826. The molecule has 5 rings (SSSR count). The van der Waals surface area contributed by atoms with Gasteiger partial charge in [-0.3, -0.25) is 4.79 Å². The smallest absolute Gasteiger partial charge is 0.243 e. The van der Waals surface area contributed by atoms with Crippen LogP contribution in [0, 0.1) is 18.7 Å². The maximum Gasteiger partial charge on any atom is 0.243 e. The van der Waals surface area contributed by atoms with Crippen LogP contribution in [0.4, 0.5) is 4.39 Å². The van der Waals surface area contributed by atoms with E-state index in [4.69, 9.17) is 0 Å². The molecule has 3 fully saturated rings. The predicted octanol–water partition coefficient (Wildman–Crippen LogP) is 3.62. The number of halogens is 1. The van der Waals surface area contributed by atoms with E-state index in [1.165, 1.54) is 16.4 Å². The molecule has 0 radical (unpaired) electrons. The summed E-state index contributed by atoms with van der Waals surface area (Å²) in [5.74, 6) is -0.648. The van der Waals surface area contributed by atoms with Crippen molar-refractivity contribution in [2.24, 2.45) is 5.92 Å². The number of fused-ring (bicyclic) bond motifs is 3. The number of ketones is 1. The number of hydrogen-bond acceptors (Lipinski definition) is 3. The van der Waals surface area contributed by atoms with E-state index >= 15 is 0 Å². The standard InChI is InChI=1S/C20H20FNO3S/c1-13-2-9-17(10-3-13)26(24,25)22-16-8-11-18(19(23)12-16)20(22)14-4-6-15(21)7-5-14/h2-7,9-10,16,18,20H,8,11-12H2,1H3/t16-,18+,20+/m0/s1. The van der Waals surface area contributed by atoms with Crippen LogP contribution in [0.2, 0.25) is 0 Å². The molecule has 3 atom stereocenters. The molecule has 0 unspecified atom stereocenters. The van der Waals surface area contributed by atoms with Crippen LogP contribution in [0.25, 0.3) is 0 Å². The normalized spacial score (nSPS) is 26.2. The zero-order chi connectivity index (χ0) is 18.5. The highest BCUT2D eigenvalue weighted by atomic mass is 32.2. The van der Waals surface area contributed by atoms with Crippen LogP contribution in [0.15, 0.2) is 53.4 Å². The van der Waals surface area contributed by atoms with Crippen molar-refractivity contribution in [2.75, 3.05) is 0 Å². The van der Waals surface area contributed by atoms with Crippen molar-refractivity contribution in [3.63, 3.8) is 0 Å². The van der Waals surface area contributed by atoms with E-state index in [1.807, 2.05) is 6.92 Å². The van der Waals surface area contributed by atoms with Crippen LogP contribution in [-0.2, 0) is 14.8 Å². The summed E-state index contributed by atoms with van der Waals surface area (Å²) in [6.07, 6.45) is 1.61. The van der Waals surface area contributed by atoms with Crippen molar-refractivity contribution >= 4 is 15.8 Å². The van der Waals surface area contributed by atoms with E-state index in [0.717, 1.165) is 5.56 Å². The first-order valence-corrected chi connectivity index (χ1v) is 10.2. The third-order valence-corrected chi connectivity index (χ3v) is 7.43. The Morgan fingerprint density at radius 3 is 2.27 bits per heavy atom. The second-order valence-electron chi connectivity index (χ2n) is 7.15.